The number of rotatable bonds is 8. The molecule has 0 bridgehead atoms. The van der Waals surface area contributed by atoms with Crippen molar-refractivity contribution in [2.75, 3.05) is 31.4 Å². The molecule has 1 unspecified atom stereocenters. The molecule has 0 saturated carbocycles. The van der Waals surface area contributed by atoms with E-state index in [4.69, 9.17) is 21.1 Å². The van der Waals surface area contributed by atoms with Crippen LogP contribution in [-0.2, 0) is 15.9 Å². The van der Waals surface area contributed by atoms with Crippen LogP contribution in [-0.4, -0.2) is 32.6 Å². The van der Waals surface area contributed by atoms with Gasteiger partial charge in [0, 0.05) is 12.8 Å². The highest BCUT2D eigenvalue weighted by molar-refractivity contribution is 6.17. The smallest absolute Gasteiger partial charge is 0.123 e. The predicted molar refractivity (Wildman–Crippen MR) is 81.0 cm³/mol. The minimum atomic E-state index is 0.198. The third-order valence-electron chi connectivity index (χ3n) is 3.24. The maximum atomic E-state index is 5.65. The monoisotopic (exact) mass is 285 g/mol. The number of alkyl halides is 1. The van der Waals surface area contributed by atoms with Crippen LogP contribution < -0.4 is 4.90 Å². The van der Waals surface area contributed by atoms with Gasteiger partial charge in [-0.3, -0.25) is 0 Å². The number of aryl methyl sites for hydroxylation is 2. The first kappa shape index (κ1) is 16.3. The van der Waals surface area contributed by atoms with Crippen molar-refractivity contribution in [1.29, 1.82) is 0 Å². The fraction of sp³-hybridized carbons (Fsp3) is 0.600. The summed E-state index contributed by atoms with van der Waals surface area (Å²) in [6.07, 6.45) is 0.994. The number of para-hydroxylation sites is 1. The van der Waals surface area contributed by atoms with Crippen LogP contribution in [0.25, 0.3) is 0 Å². The minimum Gasteiger partial charge on any atom is -0.383 e. The quantitative estimate of drug-likeness (QED) is 0.538. The lowest BCUT2D eigenvalue weighted by Crippen LogP contribution is -2.39. The molecule has 1 atom stereocenters. The number of hydrogen-bond acceptors (Lipinski definition) is 3. The van der Waals surface area contributed by atoms with Crippen molar-refractivity contribution in [3.8, 4) is 0 Å². The van der Waals surface area contributed by atoms with Gasteiger partial charge in [0.25, 0.3) is 0 Å². The lowest BCUT2D eigenvalue weighted by atomic mass is 10.0. The second kappa shape index (κ2) is 8.41. The van der Waals surface area contributed by atoms with Gasteiger partial charge in [0.1, 0.15) is 12.8 Å². The molecule has 0 radical (unpaired) electrons. The summed E-state index contributed by atoms with van der Waals surface area (Å²) in [6.45, 7) is 7.56. The van der Waals surface area contributed by atoms with Gasteiger partial charge in [0.2, 0.25) is 0 Å². The van der Waals surface area contributed by atoms with Gasteiger partial charge in [-0.25, -0.2) is 0 Å². The van der Waals surface area contributed by atoms with Crippen LogP contribution in [0.2, 0.25) is 0 Å². The summed E-state index contributed by atoms with van der Waals surface area (Å²) in [5.41, 5.74) is 3.81. The second-order valence-electron chi connectivity index (χ2n) is 4.65. The summed E-state index contributed by atoms with van der Waals surface area (Å²) < 4.78 is 10.7. The Morgan fingerprint density at radius 1 is 1.37 bits per heavy atom. The zero-order valence-electron chi connectivity index (χ0n) is 12.3. The third-order valence-corrected chi connectivity index (χ3v) is 3.39. The molecule has 1 rings (SSSR count). The van der Waals surface area contributed by atoms with Crippen LogP contribution in [0.5, 0.6) is 0 Å². The number of halogens is 1. The van der Waals surface area contributed by atoms with Gasteiger partial charge in [0.05, 0.1) is 12.6 Å². The molecule has 0 saturated heterocycles. The summed E-state index contributed by atoms with van der Waals surface area (Å²) in [5, 5.41) is 0. The van der Waals surface area contributed by atoms with Crippen LogP contribution in [0.4, 0.5) is 5.69 Å². The number of ether oxygens (including phenoxy) is 2. The summed E-state index contributed by atoms with van der Waals surface area (Å²) in [7, 11) is 1.72. The van der Waals surface area contributed by atoms with E-state index in [9.17, 15) is 0 Å². The van der Waals surface area contributed by atoms with Gasteiger partial charge in [-0.1, -0.05) is 36.7 Å². The first-order chi connectivity index (χ1) is 9.15. The van der Waals surface area contributed by atoms with E-state index in [0.717, 1.165) is 6.42 Å². The zero-order valence-corrected chi connectivity index (χ0v) is 13.0. The maximum absolute atomic E-state index is 5.65. The lowest BCUT2D eigenvalue weighted by Gasteiger charge is -2.33. The van der Waals surface area contributed by atoms with Gasteiger partial charge in [-0.15, -0.1) is 0 Å². The predicted octanol–water partition coefficient (Wildman–Crippen LogP) is 3.57. The average molecular weight is 286 g/mol. The molecule has 3 nitrogen and oxygen atoms in total. The van der Waals surface area contributed by atoms with E-state index in [-0.39, 0.29) is 12.1 Å². The summed E-state index contributed by atoms with van der Waals surface area (Å²) in [4.78, 5) is 2.22. The summed E-state index contributed by atoms with van der Waals surface area (Å²) >= 11 is 5.65. The number of methoxy groups -OCH3 is 1. The molecule has 1 aromatic carbocycles. The molecule has 108 valence electrons. The average Bonchev–Trinajstić information content (AvgIpc) is 2.40. The Hall–Kier alpha value is -0.770. The molecule has 0 amide bonds. The molecule has 0 aromatic heterocycles. The highest BCUT2D eigenvalue weighted by Gasteiger charge is 2.19. The first-order valence-electron chi connectivity index (χ1n) is 6.63. The van der Waals surface area contributed by atoms with Gasteiger partial charge >= 0.3 is 0 Å². The Bertz CT molecular complexity index is 384. The van der Waals surface area contributed by atoms with Crippen LogP contribution >= 0.6 is 11.6 Å². The number of hydrogen-bond donors (Lipinski definition) is 0. The second-order valence-corrected chi connectivity index (χ2v) is 4.87. The fourth-order valence-corrected chi connectivity index (χ4v) is 2.36. The van der Waals surface area contributed by atoms with E-state index in [2.05, 4.69) is 43.9 Å². The number of anilines is 1. The van der Waals surface area contributed by atoms with Gasteiger partial charge < -0.3 is 14.4 Å². The van der Waals surface area contributed by atoms with E-state index >= 15 is 0 Å². The lowest BCUT2D eigenvalue weighted by molar-refractivity contribution is 0.141. The molecule has 0 N–H and O–H groups in total. The van der Waals surface area contributed by atoms with Crippen LogP contribution in [0.3, 0.4) is 0 Å². The van der Waals surface area contributed by atoms with Crippen molar-refractivity contribution in [3.05, 3.63) is 29.3 Å². The van der Waals surface area contributed by atoms with Crippen molar-refractivity contribution in [1.82, 2.24) is 0 Å². The van der Waals surface area contributed by atoms with Gasteiger partial charge in [-0.05, 0) is 31.4 Å². The molecule has 0 aliphatic heterocycles. The number of benzene rings is 1. The summed E-state index contributed by atoms with van der Waals surface area (Å²) in [5.74, 6) is 0. The summed E-state index contributed by atoms with van der Waals surface area (Å²) in [6, 6.07) is 6.82. The molecule has 0 spiro atoms. The van der Waals surface area contributed by atoms with E-state index in [1.165, 1.54) is 16.8 Å². The van der Waals surface area contributed by atoms with Crippen molar-refractivity contribution in [2.24, 2.45) is 0 Å². The topological polar surface area (TPSA) is 21.7 Å². The SMILES string of the molecule is CCc1cccc(C)c1N(COCCl)C(C)COC. The number of nitrogens with zero attached hydrogens (tertiary/aromatic N) is 1. The van der Waals surface area contributed by atoms with Crippen LogP contribution in [0, 0.1) is 6.92 Å². The van der Waals surface area contributed by atoms with Gasteiger partial charge in [-0.2, -0.15) is 0 Å². The normalized spacial score (nSPS) is 12.5. The van der Waals surface area contributed by atoms with Crippen LogP contribution in [0.1, 0.15) is 25.0 Å². The largest absolute Gasteiger partial charge is 0.383 e. The molecular formula is C15H24ClNO2. The van der Waals surface area contributed by atoms with E-state index in [1.54, 1.807) is 7.11 Å². The molecule has 4 heteroatoms. The molecule has 0 heterocycles. The molecule has 0 aliphatic rings. The fourth-order valence-electron chi connectivity index (χ4n) is 2.29. The highest BCUT2D eigenvalue weighted by Crippen LogP contribution is 2.27. The molecule has 0 aliphatic carbocycles. The Kier molecular flexibility index (Phi) is 7.21. The van der Waals surface area contributed by atoms with E-state index in [1.807, 2.05) is 0 Å². The Balaban J connectivity index is 3.08. The standard InChI is InChI=1S/C15H24ClNO2/c1-5-14-8-6-7-12(2)15(14)17(11-19-10-16)13(3)9-18-4/h6-8,13H,5,9-11H2,1-4H3. The first-order valence-corrected chi connectivity index (χ1v) is 7.16. The van der Waals surface area contributed by atoms with Gasteiger partial charge in [0.15, 0.2) is 0 Å². The Morgan fingerprint density at radius 2 is 2.11 bits per heavy atom. The molecule has 19 heavy (non-hydrogen) atoms. The molecular weight excluding hydrogens is 262 g/mol. The third kappa shape index (κ3) is 4.37. The van der Waals surface area contributed by atoms with Crippen LogP contribution in [0.15, 0.2) is 18.2 Å². The van der Waals surface area contributed by atoms with Crippen molar-refractivity contribution >= 4 is 17.3 Å². The van der Waals surface area contributed by atoms with Crippen molar-refractivity contribution in [2.45, 2.75) is 33.2 Å². The van der Waals surface area contributed by atoms with Crippen molar-refractivity contribution < 1.29 is 9.47 Å². The zero-order chi connectivity index (χ0) is 14.3. The minimum absolute atomic E-state index is 0.198. The Morgan fingerprint density at radius 3 is 2.68 bits per heavy atom. The highest BCUT2D eigenvalue weighted by atomic mass is 35.5. The molecule has 1 aromatic rings. The molecule has 0 fully saturated rings. The maximum Gasteiger partial charge on any atom is 0.123 e. The Labute approximate surface area is 121 Å². The van der Waals surface area contributed by atoms with E-state index < -0.39 is 0 Å². The van der Waals surface area contributed by atoms with E-state index in [0.29, 0.717) is 13.3 Å². The van der Waals surface area contributed by atoms with Crippen molar-refractivity contribution in [3.63, 3.8) is 0 Å².